The average molecular weight is 306 g/mol. The summed E-state index contributed by atoms with van der Waals surface area (Å²) in [7, 11) is 0. The molecule has 1 amide bonds. The fourth-order valence-electron chi connectivity index (χ4n) is 1.63. The van der Waals surface area contributed by atoms with Crippen LogP contribution in [0.4, 0.5) is 10.8 Å². The number of ether oxygens (including phenoxy) is 1. The van der Waals surface area contributed by atoms with Crippen molar-refractivity contribution >= 4 is 28.1 Å². The molecule has 2 heterocycles. The van der Waals surface area contributed by atoms with Crippen LogP contribution in [0.15, 0.2) is 18.3 Å². The first-order valence-electron chi connectivity index (χ1n) is 6.73. The Morgan fingerprint density at radius 1 is 1.48 bits per heavy atom. The minimum atomic E-state index is -0.302. The number of thiazole rings is 1. The van der Waals surface area contributed by atoms with Crippen LogP contribution in [-0.2, 0) is 0 Å². The van der Waals surface area contributed by atoms with Crippen LogP contribution in [0, 0.1) is 6.92 Å². The summed E-state index contributed by atoms with van der Waals surface area (Å²) in [5.41, 5.74) is 6.87. The number of unbranched alkanes of at least 4 members (excludes halogenated alkanes) is 1. The number of anilines is 2. The number of amides is 1. The Morgan fingerprint density at radius 2 is 2.29 bits per heavy atom. The molecular weight excluding hydrogens is 288 g/mol. The molecule has 2 rings (SSSR count). The van der Waals surface area contributed by atoms with Gasteiger partial charge in [0.25, 0.3) is 11.1 Å². The number of nitrogens with one attached hydrogen (secondary N) is 1. The highest BCUT2D eigenvalue weighted by Gasteiger charge is 2.13. The van der Waals surface area contributed by atoms with E-state index in [1.165, 1.54) is 11.3 Å². The number of nitrogens with zero attached hydrogens (tertiary/aromatic N) is 2. The van der Waals surface area contributed by atoms with E-state index in [2.05, 4.69) is 22.2 Å². The average Bonchev–Trinajstić information content (AvgIpc) is 2.86. The van der Waals surface area contributed by atoms with Gasteiger partial charge in [0.1, 0.15) is 10.8 Å². The summed E-state index contributed by atoms with van der Waals surface area (Å²) in [4.78, 5) is 20.3. The maximum atomic E-state index is 12.1. The molecule has 21 heavy (non-hydrogen) atoms. The Labute approximate surface area is 127 Å². The summed E-state index contributed by atoms with van der Waals surface area (Å²) in [5, 5.41) is 3.91. The van der Waals surface area contributed by atoms with Gasteiger partial charge in [0.05, 0.1) is 18.4 Å². The lowest BCUT2D eigenvalue weighted by Gasteiger charge is -2.05. The molecule has 0 atom stereocenters. The van der Waals surface area contributed by atoms with Crippen LogP contribution < -0.4 is 15.8 Å². The minimum Gasteiger partial charge on any atom is -0.470 e. The summed E-state index contributed by atoms with van der Waals surface area (Å²) in [5.74, 6) is -0.0832. The molecule has 7 heteroatoms. The fraction of sp³-hybridized carbons (Fsp3) is 0.357. The second-order valence-electron chi connectivity index (χ2n) is 4.53. The summed E-state index contributed by atoms with van der Waals surface area (Å²) in [6.45, 7) is 4.55. The second-order valence-corrected chi connectivity index (χ2v) is 5.53. The maximum absolute atomic E-state index is 12.1. The Kier molecular flexibility index (Phi) is 5.10. The van der Waals surface area contributed by atoms with Gasteiger partial charge in [-0.15, -0.1) is 0 Å². The Balaban J connectivity index is 1.99. The molecular formula is C14H18N4O2S. The van der Waals surface area contributed by atoms with Gasteiger partial charge in [-0.2, -0.15) is 0 Å². The van der Waals surface area contributed by atoms with E-state index in [9.17, 15) is 4.79 Å². The molecule has 112 valence electrons. The number of aryl methyl sites for hydroxylation is 1. The first-order chi connectivity index (χ1) is 10.1. The van der Waals surface area contributed by atoms with Gasteiger partial charge in [0, 0.05) is 5.69 Å². The molecule has 0 bridgehead atoms. The van der Waals surface area contributed by atoms with Crippen molar-refractivity contribution in [3.05, 3.63) is 29.6 Å². The summed E-state index contributed by atoms with van der Waals surface area (Å²) >= 11 is 1.29. The van der Waals surface area contributed by atoms with Crippen molar-refractivity contribution in [1.82, 2.24) is 9.97 Å². The van der Waals surface area contributed by atoms with Gasteiger partial charge < -0.3 is 15.8 Å². The number of aromatic nitrogens is 2. The van der Waals surface area contributed by atoms with E-state index in [0.717, 1.165) is 18.5 Å². The van der Waals surface area contributed by atoms with E-state index in [4.69, 9.17) is 10.5 Å². The van der Waals surface area contributed by atoms with E-state index < -0.39 is 0 Å². The van der Waals surface area contributed by atoms with Crippen molar-refractivity contribution in [1.29, 1.82) is 0 Å². The zero-order valence-corrected chi connectivity index (χ0v) is 12.9. The molecule has 0 fully saturated rings. The van der Waals surface area contributed by atoms with Crippen molar-refractivity contribution in [3.8, 4) is 5.19 Å². The molecule has 0 saturated heterocycles. The monoisotopic (exact) mass is 306 g/mol. The van der Waals surface area contributed by atoms with Gasteiger partial charge in [0.15, 0.2) is 0 Å². The Bertz CT molecular complexity index is 627. The number of carbonyl (C=O) groups is 1. The van der Waals surface area contributed by atoms with E-state index in [1.807, 2.05) is 6.92 Å². The van der Waals surface area contributed by atoms with Crippen molar-refractivity contribution in [3.63, 3.8) is 0 Å². The molecule has 3 N–H and O–H groups in total. The zero-order valence-electron chi connectivity index (χ0n) is 12.0. The standard InChI is InChI=1S/C14H18N4O2S/c1-3-4-7-20-14-16-8-11(21-14)18-13(19)10-6-5-9(2)17-12(10)15/h5-6,8H,3-4,7H2,1-2H3,(H2,15,17)(H,18,19). The Hall–Kier alpha value is -2.15. The minimum absolute atomic E-state index is 0.219. The molecule has 0 aliphatic carbocycles. The number of carbonyl (C=O) groups excluding carboxylic acids is 1. The SMILES string of the molecule is CCCCOc1ncc(NC(=O)c2ccc(C)nc2N)s1. The second kappa shape index (κ2) is 7.03. The fourth-order valence-corrected chi connectivity index (χ4v) is 2.32. The molecule has 0 aliphatic heterocycles. The number of rotatable bonds is 6. The summed E-state index contributed by atoms with van der Waals surface area (Å²) < 4.78 is 5.47. The third kappa shape index (κ3) is 4.16. The van der Waals surface area contributed by atoms with Crippen LogP contribution >= 0.6 is 11.3 Å². The predicted molar refractivity (Wildman–Crippen MR) is 83.9 cm³/mol. The van der Waals surface area contributed by atoms with Crippen LogP contribution in [0.2, 0.25) is 0 Å². The van der Waals surface area contributed by atoms with E-state index in [-0.39, 0.29) is 11.7 Å². The number of pyridine rings is 1. The third-order valence-electron chi connectivity index (χ3n) is 2.75. The number of nitrogen functional groups attached to an aromatic ring is 1. The van der Waals surface area contributed by atoms with Crippen molar-refractivity contribution in [2.45, 2.75) is 26.7 Å². The summed E-state index contributed by atoms with van der Waals surface area (Å²) in [6.07, 6.45) is 3.61. The Morgan fingerprint density at radius 3 is 3.00 bits per heavy atom. The first kappa shape index (κ1) is 15.2. The van der Waals surface area contributed by atoms with Gasteiger partial charge in [-0.1, -0.05) is 24.7 Å². The van der Waals surface area contributed by atoms with Gasteiger partial charge in [0.2, 0.25) is 0 Å². The quantitative estimate of drug-likeness (QED) is 0.801. The highest BCUT2D eigenvalue weighted by Crippen LogP contribution is 2.26. The van der Waals surface area contributed by atoms with Gasteiger partial charge in [-0.25, -0.2) is 9.97 Å². The van der Waals surface area contributed by atoms with Crippen LogP contribution in [0.3, 0.4) is 0 Å². The van der Waals surface area contributed by atoms with Crippen LogP contribution in [0.1, 0.15) is 35.8 Å². The molecule has 6 nitrogen and oxygen atoms in total. The van der Waals surface area contributed by atoms with E-state index in [1.54, 1.807) is 18.3 Å². The molecule has 0 aliphatic rings. The van der Waals surface area contributed by atoms with Gasteiger partial charge in [-0.3, -0.25) is 4.79 Å². The molecule has 0 unspecified atom stereocenters. The number of hydrogen-bond donors (Lipinski definition) is 2. The molecule has 0 aromatic carbocycles. The molecule has 2 aromatic rings. The zero-order chi connectivity index (χ0) is 15.2. The predicted octanol–water partition coefficient (Wildman–Crippen LogP) is 2.86. The van der Waals surface area contributed by atoms with Crippen LogP contribution in [0.5, 0.6) is 5.19 Å². The normalized spacial score (nSPS) is 10.4. The number of nitrogens with two attached hydrogens (primary N) is 1. The van der Waals surface area contributed by atoms with Crippen molar-refractivity contribution in [2.24, 2.45) is 0 Å². The highest BCUT2D eigenvalue weighted by molar-refractivity contribution is 7.17. The number of hydrogen-bond acceptors (Lipinski definition) is 6. The van der Waals surface area contributed by atoms with Gasteiger partial charge >= 0.3 is 0 Å². The topological polar surface area (TPSA) is 90.1 Å². The van der Waals surface area contributed by atoms with Crippen molar-refractivity contribution < 1.29 is 9.53 Å². The maximum Gasteiger partial charge on any atom is 0.275 e. The lowest BCUT2D eigenvalue weighted by atomic mass is 10.2. The molecule has 2 aromatic heterocycles. The molecule has 0 spiro atoms. The smallest absolute Gasteiger partial charge is 0.275 e. The van der Waals surface area contributed by atoms with E-state index in [0.29, 0.717) is 22.4 Å². The third-order valence-corrected chi connectivity index (χ3v) is 3.58. The highest BCUT2D eigenvalue weighted by atomic mass is 32.1. The summed E-state index contributed by atoms with van der Waals surface area (Å²) in [6, 6.07) is 3.41. The largest absolute Gasteiger partial charge is 0.470 e. The van der Waals surface area contributed by atoms with E-state index >= 15 is 0 Å². The first-order valence-corrected chi connectivity index (χ1v) is 7.55. The molecule has 0 saturated carbocycles. The lowest BCUT2D eigenvalue weighted by Crippen LogP contribution is -2.14. The molecule has 0 radical (unpaired) electrons. The van der Waals surface area contributed by atoms with Crippen LogP contribution in [-0.4, -0.2) is 22.5 Å². The van der Waals surface area contributed by atoms with Crippen molar-refractivity contribution in [2.75, 3.05) is 17.7 Å². The lowest BCUT2D eigenvalue weighted by molar-refractivity contribution is 0.102. The van der Waals surface area contributed by atoms with Crippen LogP contribution in [0.25, 0.3) is 0 Å². The van der Waals surface area contributed by atoms with Gasteiger partial charge in [-0.05, 0) is 25.5 Å².